The summed E-state index contributed by atoms with van der Waals surface area (Å²) in [6.45, 7) is 2.72. The van der Waals surface area contributed by atoms with Crippen molar-refractivity contribution in [1.29, 1.82) is 0 Å². The number of benzene rings is 1. The predicted molar refractivity (Wildman–Crippen MR) is 100 cm³/mol. The average molecular weight is 394 g/mol. The van der Waals surface area contributed by atoms with Crippen LogP contribution in [0.2, 0.25) is 0 Å². The fraction of sp³-hybridized carbons (Fsp3) is 0.579. The van der Waals surface area contributed by atoms with Crippen LogP contribution < -0.4 is 5.32 Å². The zero-order valence-electron chi connectivity index (χ0n) is 15.5. The molecule has 0 unspecified atom stereocenters. The Balaban J connectivity index is 1.84. The van der Waals surface area contributed by atoms with E-state index in [0.29, 0.717) is 31.5 Å². The molecule has 2 aliphatic rings. The first-order valence-electron chi connectivity index (χ1n) is 9.39. The molecule has 1 aliphatic carbocycles. The Morgan fingerprint density at radius 3 is 2.37 bits per heavy atom. The van der Waals surface area contributed by atoms with Crippen LogP contribution in [0.4, 0.5) is 0 Å². The Bertz CT molecular complexity index is 840. The van der Waals surface area contributed by atoms with Gasteiger partial charge in [0.15, 0.2) is 0 Å². The van der Waals surface area contributed by atoms with Gasteiger partial charge in [-0.15, -0.1) is 0 Å². The van der Waals surface area contributed by atoms with Gasteiger partial charge in [-0.2, -0.15) is 4.31 Å². The molecule has 2 N–H and O–H groups in total. The van der Waals surface area contributed by atoms with Crippen molar-refractivity contribution in [2.75, 3.05) is 13.1 Å². The van der Waals surface area contributed by atoms with E-state index >= 15 is 0 Å². The number of carbonyl (C=O) groups excluding carboxylic acids is 1. The molecule has 0 atom stereocenters. The van der Waals surface area contributed by atoms with Crippen molar-refractivity contribution in [3.05, 3.63) is 29.3 Å². The standard InChI is InChI=1S/C19H26N2O5S/c1-14-6-7-15(18(24)20-19(8-5-9-19)13-17(22)23)12-16(14)27(25,26)21-10-3-2-4-11-21/h6-7,12H,2-5,8-11,13H2,1H3,(H,20,24)(H,22,23). The molecule has 1 saturated carbocycles. The summed E-state index contributed by atoms with van der Waals surface area (Å²) in [5.41, 5.74) is 0.119. The van der Waals surface area contributed by atoms with Crippen LogP contribution in [0, 0.1) is 6.92 Å². The second kappa shape index (κ2) is 7.59. The van der Waals surface area contributed by atoms with E-state index in [0.717, 1.165) is 25.7 Å². The van der Waals surface area contributed by atoms with Crippen molar-refractivity contribution in [1.82, 2.24) is 9.62 Å². The number of hydrogen-bond acceptors (Lipinski definition) is 4. The molecule has 1 aromatic carbocycles. The molecule has 0 spiro atoms. The number of aliphatic carboxylic acids is 1. The third-order valence-electron chi connectivity index (χ3n) is 5.56. The minimum atomic E-state index is -3.64. The van der Waals surface area contributed by atoms with Crippen LogP contribution in [0.1, 0.15) is 60.9 Å². The molecule has 1 amide bonds. The molecular weight excluding hydrogens is 368 g/mol. The largest absolute Gasteiger partial charge is 0.481 e. The highest BCUT2D eigenvalue weighted by atomic mass is 32.2. The lowest BCUT2D eigenvalue weighted by atomic mass is 9.74. The second-order valence-electron chi connectivity index (χ2n) is 7.60. The normalized spacial score (nSPS) is 19.9. The van der Waals surface area contributed by atoms with Crippen LogP contribution in [0.15, 0.2) is 23.1 Å². The molecule has 0 aromatic heterocycles. The number of sulfonamides is 1. The fourth-order valence-electron chi connectivity index (χ4n) is 3.82. The van der Waals surface area contributed by atoms with Crippen molar-refractivity contribution in [2.45, 2.75) is 62.3 Å². The maximum atomic E-state index is 13.0. The Kier molecular flexibility index (Phi) is 5.58. The number of amides is 1. The van der Waals surface area contributed by atoms with E-state index in [4.69, 9.17) is 5.11 Å². The smallest absolute Gasteiger partial charge is 0.305 e. The van der Waals surface area contributed by atoms with Crippen LogP contribution in [0.25, 0.3) is 0 Å². The molecule has 148 valence electrons. The number of hydrogen-bond donors (Lipinski definition) is 2. The number of rotatable bonds is 6. The molecule has 2 fully saturated rings. The number of nitrogens with one attached hydrogen (secondary N) is 1. The minimum Gasteiger partial charge on any atom is -0.481 e. The quantitative estimate of drug-likeness (QED) is 0.770. The Hall–Kier alpha value is -1.93. The van der Waals surface area contributed by atoms with Crippen LogP contribution in [-0.4, -0.2) is 48.3 Å². The van der Waals surface area contributed by atoms with E-state index in [2.05, 4.69) is 5.32 Å². The monoisotopic (exact) mass is 394 g/mol. The van der Waals surface area contributed by atoms with Crippen LogP contribution >= 0.6 is 0 Å². The number of nitrogens with zero attached hydrogens (tertiary/aromatic N) is 1. The number of carboxylic acids is 1. The van der Waals surface area contributed by atoms with E-state index in [-0.39, 0.29) is 16.9 Å². The molecule has 0 radical (unpaired) electrons. The summed E-state index contributed by atoms with van der Waals surface area (Å²) in [7, 11) is -3.64. The lowest BCUT2D eigenvalue weighted by Gasteiger charge is -2.41. The summed E-state index contributed by atoms with van der Waals surface area (Å²) in [6.07, 6.45) is 4.71. The van der Waals surface area contributed by atoms with Crippen LogP contribution in [-0.2, 0) is 14.8 Å². The third-order valence-corrected chi connectivity index (χ3v) is 7.60. The van der Waals surface area contributed by atoms with Gasteiger partial charge in [-0.1, -0.05) is 12.5 Å². The summed E-state index contributed by atoms with van der Waals surface area (Å²) in [5, 5.41) is 11.9. The zero-order chi connectivity index (χ0) is 19.7. The average Bonchev–Trinajstić information content (AvgIpc) is 2.60. The van der Waals surface area contributed by atoms with Crippen molar-refractivity contribution >= 4 is 21.9 Å². The van der Waals surface area contributed by atoms with Crippen LogP contribution in [0.5, 0.6) is 0 Å². The van der Waals surface area contributed by atoms with Gasteiger partial charge in [-0.3, -0.25) is 9.59 Å². The van der Waals surface area contributed by atoms with Gasteiger partial charge >= 0.3 is 5.97 Å². The van der Waals surface area contributed by atoms with Gasteiger partial charge in [-0.05, 0) is 56.7 Å². The maximum absolute atomic E-state index is 13.0. The Morgan fingerprint density at radius 1 is 1.15 bits per heavy atom. The lowest BCUT2D eigenvalue weighted by Crippen LogP contribution is -2.54. The second-order valence-corrected chi connectivity index (χ2v) is 9.51. The summed E-state index contributed by atoms with van der Waals surface area (Å²) < 4.78 is 27.5. The first-order chi connectivity index (χ1) is 12.7. The minimum absolute atomic E-state index is 0.121. The Labute approximate surface area is 159 Å². The topological polar surface area (TPSA) is 104 Å². The molecule has 1 heterocycles. The number of carbonyl (C=O) groups is 2. The highest BCUT2D eigenvalue weighted by Gasteiger charge is 2.40. The van der Waals surface area contributed by atoms with E-state index in [1.54, 1.807) is 19.1 Å². The molecule has 1 saturated heterocycles. The molecule has 3 rings (SSSR count). The Morgan fingerprint density at radius 2 is 1.81 bits per heavy atom. The fourth-order valence-corrected chi connectivity index (χ4v) is 5.58. The van der Waals surface area contributed by atoms with Gasteiger partial charge in [0, 0.05) is 18.7 Å². The molecule has 1 aliphatic heterocycles. The SMILES string of the molecule is Cc1ccc(C(=O)NC2(CC(=O)O)CCC2)cc1S(=O)(=O)N1CCCCC1. The first kappa shape index (κ1) is 19.8. The predicted octanol–water partition coefficient (Wildman–Crippen LogP) is 2.30. The number of aryl methyl sites for hydroxylation is 1. The van der Waals surface area contributed by atoms with Gasteiger partial charge in [0.2, 0.25) is 10.0 Å². The van der Waals surface area contributed by atoms with Crippen molar-refractivity contribution in [3.63, 3.8) is 0 Å². The van der Waals surface area contributed by atoms with Gasteiger partial charge < -0.3 is 10.4 Å². The van der Waals surface area contributed by atoms with E-state index in [1.165, 1.54) is 10.4 Å². The van der Waals surface area contributed by atoms with E-state index in [1.807, 2.05) is 0 Å². The summed E-state index contributed by atoms with van der Waals surface area (Å²) in [4.78, 5) is 23.9. The third kappa shape index (κ3) is 4.16. The van der Waals surface area contributed by atoms with E-state index in [9.17, 15) is 18.0 Å². The molecule has 1 aromatic rings. The summed E-state index contributed by atoms with van der Waals surface area (Å²) in [5.74, 6) is -1.38. The highest BCUT2D eigenvalue weighted by Crippen LogP contribution is 2.35. The van der Waals surface area contributed by atoms with Crippen LogP contribution in [0.3, 0.4) is 0 Å². The maximum Gasteiger partial charge on any atom is 0.305 e. The molecule has 8 heteroatoms. The molecule has 27 heavy (non-hydrogen) atoms. The first-order valence-corrected chi connectivity index (χ1v) is 10.8. The lowest BCUT2D eigenvalue weighted by molar-refractivity contribution is -0.139. The molecular formula is C19H26N2O5S. The molecule has 7 nitrogen and oxygen atoms in total. The molecule has 0 bridgehead atoms. The van der Waals surface area contributed by atoms with Gasteiger partial charge in [0.05, 0.1) is 16.9 Å². The zero-order valence-corrected chi connectivity index (χ0v) is 16.3. The highest BCUT2D eigenvalue weighted by molar-refractivity contribution is 7.89. The summed E-state index contributed by atoms with van der Waals surface area (Å²) >= 11 is 0. The number of piperidine rings is 1. The van der Waals surface area contributed by atoms with Crippen molar-refractivity contribution in [3.8, 4) is 0 Å². The van der Waals surface area contributed by atoms with Gasteiger partial charge in [0.25, 0.3) is 5.91 Å². The van der Waals surface area contributed by atoms with Gasteiger partial charge in [-0.25, -0.2) is 8.42 Å². The summed E-state index contributed by atoms with van der Waals surface area (Å²) in [6, 6.07) is 4.64. The van der Waals surface area contributed by atoms with Gasteiger partial charge in [0.1, 0.15) is 0 Å². The van der Waals surface area contributed by atoms with Crippen molar-refractivity contribution < 1.29 is 23.1 Å². The van der Waals surface area contributed by atoms with Crippen molar-refractivity contribution in [2.24, 2.45) is 0 Å². The van der Waals surface area contributed by atoms with E-state index < -0.39 is 27.4 Å². The number of carboxylic acid groups (broad SMARTS) is 1.